The molecule has 0 aliphatic carbocycles. The number of pyridine rings is 1. The van der Waals surface area contributed by atoms with Gasteiger partial charge in [-0.05, 0) is 26.0 Å². The van der Waals surface area contributed by atoms with Gasteiger partial charge < -0.3 is 9.88 Å². The van der Waals surface area contributed by atoms with Crippen molar-refractivity contribution in [3.8, 4) is 0 Å². The maximum Gasteiger partial charge on any atom is 0.162 e. The van der Waals surface area contributed by atoms with Gasteiger partial charge in [0, 0.05) is 13.1 Å². The van der Waals surface area contributed by atoms with Crippen LogP contribution in [-0.2, 0) is 0 Å². The fraction of sp³-hybridized carbons (Fsp3) is 0.400. The first-order chi connectivity index (χ1) is 6.72. The summed E-state index contributed by atoms with van der Waals surface area (Å²) in [6, 6.07) is 4.30. The quantitative estimate of drug-likeness (QED) is 0.788. The lowest BCUT2D eigenvalue weighted by molar-refractivity contribution is 0.613. The molecule has 0 bridgehead atoms. The second-order valence-electron chi connectivity index (χ2n) is 3.53. The lowest BCUT2D eigenvalue weighted by Crippen LogP contribution is -2.01. The number of anilines is 1. The van der Waals surface area contributed by atoms with E-state index in [2.05, 4.69) is 33.7 Å². The van der Waals surface area contributed by atoms with Gasteiger partial charge in [-0.2, -0.15) is 0 Å². The van der Waals surface area contributed by atoms with Gasteiger partial charge in [-0.3, -0.25) is 0 Å². The van der Waals surface area contributed by atoms with Crippen molar-refractivity contribution in [2.45, 2.75) is 19.9 Å². The Hall–Kier alpha value is -1.58. The van der Waals surface area contributed by atoms with E-state index in [9.17, 15) is 0 Å². The van der Waals surface area contributed by atoms with Crippen LogP contribution in [0.4, 0.5) is 5.82 Å². The van der Waals surface area contributed by atoms with Crippen LogP contribution in [0.1, 0.15) is 19.9 Å². The smallest absolute Gasteiger partial charge is 0.162 e. The molecule has 2 heterocycles. The summed E-state index contributed by atoms with van der Waals surface area (Å²) in [6.45, 7) is 4.24. The molecule has 0 aliphatic rings. The Kier molecular flexibility index (Phi) is 2.11. The Morgan fingerprint density at radius 2 is 2.14 bits per heavy atom. The summed E-state index contributed by atoms with van der Waals surface area (Å²) >= 11 is 0. The average molecular weight is 190 g/mol. The molecule has 74 valence electrons. The fourth-order valence-electron chi connectivity index (χ4n) is 1.43. The first kappa shape index (κ1) is 8.99. The van der Waals surface area contributed by atoms with Gasteiger partial charge >= 0.3 is 0 Å². The molecule has 0 saturated carbocycles. The predicted molar refractivity (Wildman–Crippen MR) is 57.5 cm³/mol. The van der Waals surface area contributed by atoms with Gasteiger partial charge in [0.05, 0.1) is 6.33 Å². The fourth-order valence-corrected chi connectivity index (χ4v) is 1.43. The highest BCUT2D eigenvalue weighted by molar-refractivity contribution is 5.73. The minimum absolute atomic E-state index is 0.389. The molecule has 0 amide bonds. The lowest BCUT2D eigenvalue weighted by atomic mass is 10.3. The number of aromatic nitrogens is 3. The van der Waals surface area contributed by atoms with E-state index in [1.165, 1.54) is 0 Å². The number of rotatable bonds is 2. The lowest BCUT2D eigenvalue weighted by Gasteiger charge is -2.07. The normalized spacial score (nSPS) is 11.1. The Morgan fingerprint density at radius 3 is 2.79 bits per heavy atom. The van der Waals surface area contributed by atoms with Crippen LogP contribution in [0.25, 0.3) is 11.2 Å². The molecule has 2 aromatic heterocycles. The summed E-state index contributed by atoms with van der Waals surface area (Å²) in [5, 5.41) is 3.02. The SMILES string of the molecule is CNc1ccc2ncn(C(C)C)c2n1. The summed E-state index contributed by atoms with van der Waals surface area (Å²) in [6.07, 6.45) is 1.84. The van der Waals surface area contributed by atoms with Gasteiger partial charge in [0.15, 0.2) is 5.65 Å². The molecule has 0 atom stereocenters. The largest absolute Gasteiger partial charge is 0.373 e. The second-order valence-corrected chi connectivity index (χ2v) is 3.53. The van der Waals surface area contributed by atoms with Gasteiger partial charge in [-0.25, -0.2) is 9.97 Å². The molecule has 0 saturated heterocycles. The Labute approximate surface area is 83.0 Å². The van der Waals surface area contributed by atoms with Crippen molar-refractivity contribution in [2.75, 3.05) is 12.4 Å². The third-order valence-electron chi connectivity index (χ3n) is 2.23. The van der Waals surface area contributed by atoms with E-state index in [-0.39, 0.29) is 0 Å². The van der Waals surface area contributed by atoms with E-state index < -0.39 is 0 Å². The highest BCUT2D eigenvalue weighted by Gasteiger charge is 2.06. The average Bonchev–Trinajstić information content (AvgIpc) is 2.59. The van der Waals surface area contributed by atoms with Gasteiger partial charge in [0.25, 0.3) is 0 Å². The Morgan fingerprint density at radius 1 is 1.36 bits per heavy atom. The van der Waals surface area contributed by atoms with Crippen LogP contribution in [0, 0.1) is 0 Å². The molecule has 2 aromatic rings. The molecule has 4 heteroatoms. The first-order valence-corrected chi connectivity index (χ1v) is 4.73. The summed E-state index contributed by atoms with van der Waals surface area (Å²) < 4.78 is 2.07. The molecule has 0 spiro atoms. The first-order valence-electron chi connectivity index (χ1n) is 4.73. The van der Waals surface area contributed by atoms with Gasteiger partial charge in [0.1, 0.15) is 11.3 Å². The molecule has 14 heavy (non-hydrogen) atoms. The van der Waals surface area contributed by atoms with Crippen molar-refractivity contribution in [3.63, 3.8) is 0 Å². The van der Waals surface area contributed by atoms with Gasteiger partial charge in [-0.1, -0.05) is 0 Å². The third kappa shape index (κ3) is 1.32. The molecular weight excluding hydrogens is 176 g/mol. The van der Waals surface area contributed by atoms with Crippen LogP contribution in [0.15, 0.2) is 18.5 Å². The Bertz CT molecular complexity index is 444. The number of fused-ring (bicyclic) bond motifs is 1. The van der Waals surface area contributed by atoms with Gasteiger partial charge in [0.2, 0.25) is 0 Å². The summed E-state index contributed by atoms with van der Waals surface area (Å²) in [5.74, 6) is 0.875. The van der Waals surface area contributed by atoms with Crippen molar-refractivity contribution in [3.05, 3.63) is 18.5 Å². The molecular formula is C10H14N4. The van der Waals surface area contributed by atoms with E-state index in [0.29, 0.717) is 6.04 Å². The van der Waals surface area contributed by atoms with E-state index in [1.807, 2.05) is 25.5 Å². The summed E-state index contributed by atoms with van der Waals surface area (Å²) in [7, 11) is 1.87. The number of nitrogens with one attached hydrogen (secondary N) is 1. The molecule has 0 fully saturated rings. The minimum Gasteiger partial charge on any atom is -0.373 e. The maximum atomic E-state index is 4.46. The third-order valence-corrected chi connectivity index (χ3v) is 2.23. The molecule has 1 N–H and O–H groups in total. The van der Waals surface area contributed by atoms with Crippen LogP contribution in [0.5, 0.6) is 0 Å². The number of imidazole rings is 1. The van der Waals surface area contributed by atoms with E-state index in [1.54, 1.807) is 0 Å². The van der Waals surface area contributed by atoms with Crippen molar-refractivity contribution in [2.24, 2.45) is 0 Å². The van der Waals surface area contributed by atoms with Crippen molar-refractivity contribution < 1.29 is 0 Å². The number of hydrogen-bond acceptors (Lipinski definition) is 3. The maximum absolute atomic E-state index is 4.46. The highest BCUT2D eigenvalue weighted by Crippen LogP contribution is 2.17. The second kappa shape index (κ2) is 3.29. The zero-order valence-corrected chi connectivity index (χ0v) is 8.65. The molecule has 4 nitrogen and oxygen atoms in total. The van der Waals surface area contributed by atoms with Gasteiger partial charge in [-0.15, -0.1) is 0 Å². The Balaban J connectivity index is 2.63. The molecule has 0 unspecified atom stereocenters. The molecule has 0 aliphatic heterocycles. The zero-order chi connectivity index (χ0) is 10.1. The minimum atomic E-state index is 0.389. The number of nitrogens with zero attached hydrogens (tertiary/aromatic N) is 3. The molecule has 0 aromatic carbocycles. The van der Waals surface area contributed by atoms with Crippen molar-refractivity contribution in [1.82, 2.24) is 14.5 Å². The predicted octanol–water partition coefficient (Wildman–Crippen LogP) is 2.05. The van der Waals surface area contributed by atoms with Crippen LogP contribution in [0.2, 0.25) is 0 Å². The monoisotopic (exact) mass is 190 g/mol. The molecule has 2 rings (SSSR count). The van der Waals surface area contributed by atoms with E-state index in [0.717, 1.165) is 17.0 Å². The summed E-state index contributed by atoms with van der Waals surface area (Å²) in [5.41, 5.74) is 1.88. The molecule has 0 radical (unpaired) electrons. The van der Waals surface area contributed by atoms with Crippen LogP contribution >= 0.6 is 0 Å². The highest BCUT2D eigenvalue weighted by atomic mass is 15.1. The van der Waals surface area contributed by atoms with Crippen LogP contribution in [-0.4, -0.2) is 21.6 Å². The van der Waals surface area contributed by atoms with E-state index in [4.69, 9.17) is 0 Å². The van der Waals surface area contributed by atoms with Crippen LogP contribution < -0.4 is 5.32 Å². The van der Waals surface area contributed by atoms with E-state index >= 15 is 0 Å². The topological polar surface area (TPSA) is 42.7 Å². The van der Waals surface area contributed by atoms with Crippen molar-refractivity contribution in [1.29, 1.82) is 0 Å². The van der Waals surface area contributed by atoms with Crippen molar-refractivity contribution >= 4 is 17.0 Å². The number of hydrogen-bond donors (Lipinski definition) is 1. The van der Waals surface area contributed by atoms with Crippen LogP contribution in [0.3, 0.4) is 0 Å². The standard InChI is InChI=1S/C10H14N4/c1-7(2)14-6-12-8-4-5-9(11-3)13-10(8)14/h4-7H,1-3H3,(H,11,13). The summed E-state index contributed by atoms with van der Waals surface area (Å²) in [4.78, 5) is 8.75. The zero-order valence-electron chi connectivity index (χ0n) is 8.65.